The van der Waals surface area contributed by atoms with Gasteiger partial charge in [-0.1, -0.05) is 36.4 Å². The van der Waals surface area contributed by atoms with Gasteiger partial charge in [0.25, 0.3) is 0 Å². The summed E-state index contributed by atoms with van der Waals surface area (Å²) in [6.45, 7) is 4.07. The first-order valence-corrected chi connectivity index (χ1v) is 13.6. The van der Waals surface area contributed by atoms with Crippen molar-refractivity contribution in [1.29, 1.82) is 0 Å². The summed E-state index contributed by atoms with van der Waals surface area (Å²) >= 11 is 2.59. The number of thioether (sulfide) groups is 1. The number of alkyl halides is 3. The fourth-order valence-corrected chi connectivity index (χ4v) is 5.74. The van der Waals surface area contributed by atoms with Crippen molar-refractivity contribution < 1.29 is 31.9 Å². The minimum Gasteiger partial charge on any atom is -0.481 e. The second kappa shape index (κ2) is 12.3. The Kier molecular flexibility index (Phi) is 9.09. The van der Waals surface area contributed by atoms with Crippen molar-refractivity contribution in [3.63, 3.8) is 0 Å². The zero-order chi connectivity index (χ0) is 28.2. The molecule has 0 saturated heterocycles. The first kappa shape index (κ1) is 28.8. The van der Waals surface area contributed by atoms with Crippen molar-refractivity contribution in [2.24, 2.45) is 0 Å². The van der Waals surface area contributed by atoms with E-state index in [9.17, 15) is 22.4 Å². The number of benzene rings is 3. The molecule has 4 rings (SSSR count). The summed E-state index contributed by atoms with van der Waals surface area (Å²) in [5, 5.41) is 8.93. The second-order valence-electron chi connectivity index (χ2n) is 8.93. The van der Waals surface area contributed by atoms with Gasteiger partial charge >= 0.3 is 12.1 Å². The van der Waals surface area contributed by atoms with Crippen LogP contribution in [0.1, 0.15) is 28.2 Å². The highest BCUT2D eigenvalue weighted by Crippen LogP contribution is 2.35. The summed E-state index contributed by atoms with van der Waals surface area (Å²) in [5.74, 6) is -2.14. The highest BCUT2D eigenvalue weighted by atomic mass is 32.2. The van der Waals surface area contributed by atoms with Gasteiger partial charge in [0.1, 0.15) is 11.6 Å². The van der Waals surface area contributed by atoms with Crippen LogP contribution in [0.4, 0.5) is 17.6 Å². The molecule has 1 heterocycles. The molecular weight excluding hydrogens is 550 g/mol. The van der Waals surface area contributed by atoms with Gasteiger partial charge < -0.3 is 9.52 Å². The standard InChI is InChI=1S/C29H25F4NO3S2/c1-18-12-23(30)13-19(2)28(18)39-34(16-24-10-11-26(37-24)29(31,32)33)15-20-6-8-21(9-7-20)22-4-3-5-25(14-22)38-17-27(35)36/h3-14H,15-17H2,1-2H3,(H,35,36). The molecule has 39 heavy (non-hydrogen) atoms. The lowest BCUT2D eigenvalue weighted by atomic mass is 10.0. The van der Waals surface area contributed by atoms with Crippen LogP contribution in [-0.2, 0) is 24.1 Å². The third kappa shape index (κ3) is 7.90. The molecule has 0 atom stereocenters. The van der Waals surface area contributed by atoms with Gasteiger partial charge in [0.05, 0.1) is 12.3 Å². The van der Waals surface area contributed by atoms with E-state index in [1.54, 1.807) is 13.8 Å². The topological polar surface area (TPSA) is 53.7 Å². The fourth-order valence-electron chi connectivity index (χ4n) is 4.00. The van der Waals surface area contributed by atoms with Crippen LogP contribution in [0.15, 0.2) is 87.0 Å². The van der Waals surface area contributed by atoms with Gasteiger partial charge in [-0.25, -0.2) is 8.70 Å². The Morgan fingerprint density at radius 1 is 0.923 bits per heavy atom. The number of hydrogen-bond donors (Lipinski definition) is 1. The Bertz CT molecular complexity index is 1430. The summed E-state index contributed by atoms with van der Waals surface area (Å²) in [6.07, 6.45) is -4.57. The Balaban J connectivity index is 1.56. The highest BCUT2D eigenvalue weighted by Gasteiger charge is 2.35. The van der Waals surface area contributed by atoms with Crippen LogP contribution in [0, 0.1) is 19.7 Å². The van der Waals surface area contributed by atoms with Crippen molar-refractivity contribution in [1.82, 2.24) is 4.31 Å². The van der Waals surface area contributed by atoms with E-state index in [0.29, 0.717) is 6.54 Å². The zero-order valence-electron chi connectivity index (χ0n) is 21.1. The summed E-state index contributed by atoms with van der Waals surface area (Å²) in [5.41, 5.74) is 4.27. The molecule has 0 bridgehead atoms. The normalized spacial score (nSPS) is 11.8. The molecule has 0 aliphatic rings. The molecule has 0 aliphatic heterocycles. The maximum absolute atomic E-state index is 13.9. The van der Waals surface area contributed by atoms with Crippen LogP contribution in [0.2, 0.25) is 0 Å². The number of halogens is 4. The lowest BCUT2D eigenvalue weighted by Gasteiger charge is -2.22. The van der Waals surface area contributed by atoms with Crippen molar-refractivity contribution in [2.45, 2.75) is 42.9 Å². The molecule has 4 nitrogen and oxygen atoms in total. The van der Waals surface area contributed by atoms with Gasteiger partial charge in [0.15, 0.2) is 0 Å². The highest BCUT2D eigenvalue weighted by molar-refractivity contribution is 8.00. The third-order valence-electron chi connectivity index (χ3n) is 5.76. The lowest BCUT2D eigenvalue weighted by molar-refractivity contribution is -0.153. The summed E-state index contributed by atoms with van der Waals surface area (Å²) in [4.78, 5) is 12.6. The predicted octanol–water partition coefficient (Wildman–Crippen LogP) is 8.61. The molecule has 0 saturated carbocycles. The first-order chi connectivity index (χ1) is 18.5. The van der Waals surface area contributed by atoms with Crippen LogP contribution in [-0.4, -0.2) is 21.1 Å². The van der Waals surface area contributed by atoms with E-state index < -0.39 is 17.9 Å². The Morgan fingerprint density at radius 2 is 1.62 bits per heavy atom. The van der Waals surface area contributed by atoms with E-state index in [-0.39, 0.29) is 23.9 Å². The number of rotatable bonds is 10. The van der Waals surface area contributed by atoms with Gasteiger partial charge in [-0.2, -0.15) is 13.2 Å². The Labute approximate surface area is 232 Å². The third-order valence-corrected chi connectivity index (χ3v) is 8.08. The maximum Gasteiger partial charge on any atom is 0.449 e. The molecule has 204 valence electrons. The van der Waals surface area contributed by atoms with Gasteiger partial charge in [-0.05, 0) is 90.0 Å². The van der Waals surface area contributed by atoms with E-state index in [1.165, 1.54) is 41.9 Å². The predicted molar refractivity (Wildman–Crippen MR) is 145 cm³/mol. The number of hydrogen-bond acceptors (Lipinski definition) is 5. The molecule has 4 aromatic rings. The largest absolute Gasteiger partial charge is 0.481 e. The molecule has 3 aromatic carbocycles. The SMILES string of the molecule is Cc1cc(F)cc(C)c1SN(Cc1ccc(-c2cccc(SCC(=O)O)c2)cc1)Cc1ccc(C(F)(F)F)o1. The molecule has 0 amide bonds. The molecule has 0 radical (unpaired) electrons. The summed E-state index contributed by atoms with van der Waals surface area (Å²) in [6, 6.07) is 20.5. The maximum atomic E-state index is 13.9. The van der Waals surface area contributed by atoms with E-state index in [0.717, 1.165) is 43.7 Å². The minimum atomic E-state index is -4.57. The number of carboxylic acid groups (broad SMARTS) is 1. The Hall–Kier alpha value is -3.21. The second-order valence-corrected chi connectivity index (χ2v) is 11.1. The average Bonchev–Trinajstić information content (AvgIpc) is 3.35. The molecule has 0 fully saturated rings. The Morgan fingerprint density at radius 3 is 2.23 bits per heavy atom. The van der Waals surface area contributed by atoms with Crippen LogP contribution in [0.5, 0.6) is 0 Å². The molecule has 10 heteroatoms. The number of carbonyl (C=O) groups is 1. The molecule has 0 unspecified atom stereocenters. The first-order valence-electron chi connectivity index (χ1n) is 11.9. The number of aryl methyl sites for hydroxylation is 2. The number of furan rings is 1. The van der Waals surface area contributed by atoms with Gasteiger partial charge in [0.2, 0.25) is 5.76 Å². The van der Waals surface area contributed by atoms with Gasteiger partial charge in [-0.3, -0.25) is 4.79 Å². The van der Waals surface area contributed by atoms with Crippen LogP contribution >= 0.6 is 23.7 Å². The van der Waals surface area contributed by atoms with E-state index >= 15 is 0 Å². The van der Waals surface area contributed by atoms with Gasteiger partial charge in [-0.15, -0.1) is 11.8 Å². The van der Waals surface area contributed by atoms with Crippen molar-refractivity contribution in [3.05, 3.63) is 107 Å². The van der Waals surface area contributed by atoms with Crippen LogP contribution in [0.25, 0.3) is 11.1 Å². The number of aliphatic carboxylic acids is 1. The minimum absolute atomic E-state index is 0.0248. The quantitative estimate of drug-likeness (QED) is 0.116. The average molecular weight is 576 g/mol. The number of nitrogens with zero attached hydrogens (tertiary/aromatic N) is 1. The summed E-state index contributed by atoms with van der Waals surface area (Å²) in [7, 11) is 0. The fraction of sp³-hybridized carbons (Fsp3) is 0.207. The molecule has 1 N–H and O–H groups in total. The van der Waals surface area contributed by atoms with Crippen molar-refractivity contribution in [2.75, 3.05) is 5.75 Å². The molecule has 0 aliphatic carbocycles. The monoisotopic (exact) mass is 575 g/mol. The van der Waals surface area contributed by atoms with Crippen molar-refractivity contribution >= 4 is 29.7 Å². The van der Waals surface area contributed by atoms with E-state index in [2.05, 4.69) is 0 Å². The smallest absolute Gasteiger partial charge is 0.449 e. The summed E-state index contributed by atoms with van der Waals surface area (Å²) < 4.78 is 60.1. The van der Waals surface area contributed by atoms with Gasteiger partial charge in [0, 0.05) is 16.3 Å². The van der Waals surface area contributed by atoms with E-state index in [1.807, 2.05) is 52.8 Å². The van der Waals surface area contributed by atoms with Crippen LogP contribution < -0.4 is 0 Å². The molecule has 0 spiro atoms. The van der Waals surface area contributed by atoms with Crippen LogP contribution in [0.3, 0.4) is 0 Å². The molecule has 1 aromatic heterocycles. The molecular formula is C29H25F4NO3S2. The lowest BCUT2D eigenvalue weighted by Crippen LogP contribution is -2.15. The number of carboxylic acids is 1. The van der Waals surface area contributed by atoms with Crippen molar-refractivity contribution in [3.8, 4) is 11.1 Å². The van der Waals surface area contributed by atoms with E-state index in [4.69, 9.17) is 9.52 Å². The zero-order valence-corrected chi connectivity index (χ0v) is 22.7.